The van der Waals surface area contributed by atoms with Gasteiger partial charge in [0.1, 0.15) is 11.9 Å². The average molecular weight is 512 g/mol. The first-order valence-electron chi connectivity index (χ1n) is 11.5. The van der Waals surface area contributed by atoms with E-state index in [-0.39, 0.29) is 30.6 Å². The number of aromatic nitrogens is 3. The number of nitrogens with one attached hydrogen (secondary N) is 1. The molecule has 0 bridgehead atoms. The van der Waals surface area contributed by atoms with Gasteiger partial charge in [-0.2, -0.15) is 18.4 Å². The molecule has 4 heterocycles. The molecule has 12 heteroatoms. The van der Waals surface area contributed by atoms with Crippen LogP contribution in [0.3, 0.4) is 0 Å². The maximum absolute atomic E-state index is 12.8. The van der Waals surface area contributed by atoms with Gasteiger partial charge in [-0.15, -0.1) is 0 Å². The lowest BCUT2D eigenvalue weighted by Gasteiger charge is -2.39. The third-order valence-electron chi connectivity index (χ3n) is 6.25. The Morgan fingerprint density at radius 3 is 2.54 bits per heavy atom. The number of hydrogen-bond donors (Lipinski definition) is 3. The van der Waals surface area contributed by atoms with Gasteiger partial charge in [-0.05, 0) is 36.8 Å². The molecule has 4 N–H and O–H groups in total. The number of hydrogen-bond acceptors (Lipinski definition) is 8. The first kappa shape index (κ1) is 25.8. The Balaban J connectivity index is 1.50. The third kappa shape index (κ3) is 6.13. The average Bonchev–Trinajstić information content (AvgIpc) is 2.89. The Bertz CT molecular complexity index is 1290. The smallest absolute Gasteiger partial charge is 0.396 e. The molecular weight excluding hydrogens is 487 g/mol. The van der Waals surface area contributed by atoms with E-state index in [9.17, 15) is 23.1 Å². The monoisotopic (exact) mass is 511 g/mol. The van der Waals surface area contributed by atoms with Gasteiger partial charge >= 0.3 is 6.18 Å². The van der Waals surface area contributed by atoms with Gasteiger partial charge in [0.2, 0.25) is 0 Å². The number of rotatable bonds is 7. The number of nitriles is 1. The van der Waals surface area contributed by atoms with Gasteiger partial charge in [-0.1, -0.05) is 0 Å². The van der Waals surface area contributed by atoms with Crippen LogP contribution in [0.15, 0.2) is 48.9 Å². The predicted octanol–water partition coefficient (Wildman–Crippen LogP) is 2.75. The molecule has 0 aliphatic carbocycles. The number of primary amides is 1. The Hall–Kier alpha value is -4.24. The topological polar surface area (TPSA) is 141 Å². The van der Waals surface area contributed by atoms with Crippen molar-refractivity contribution in [1.82, 2.24) is 15.0 Å². The lowest BCUT2D eigenvalue weighted by atomic mass is 9.92. The molecule has 1 amide bonds. The van der Waals surface area contributed by atoms with Crippen molar-refractivity contribution in [2.75, 3.05) is 29.9 Å². The first-order chi connectivity index (χ1) is 17.7. The molecule has 1 saturated heterocycles. The normalized spacial score (nSPS) is 17.8. The van der Waals surface area contributed by atoms with E-state index in [4.69, 9.17) is 11.0 Å². The van der Waals surface area contributed by atoms with E-state index in [1.54, 1.807) is 18.2 Å². The lowest BCUT2D eigenvalue weighted by Crippen LogP contribution is -2.48. The molecule has 1 aliphatic heterocycles. The number of amides is 1. The summed E-state index contributed by atoms with van der Waals surface area (Å²) in [5.74, 6) is -0.196. The number of carbonyl (C=O) groups is 1. The second kappa shape index (κ2) is 10.8. The molecule has 0 saturated carbocycles. The highest BCUT2D eigenvalue weighted by molar-refractivity contribution is 5.98. The summed E-state index contributed by atoms with van der Waals surface area (Å²) in [6.07, 6.45) is -0.112. The van der Waals surface area contributed by atoms with Crippen LogP contribution in [0.1, 0.15) is 39.3 Å². The molecule has 9 nitrogen and oxygen atoms in total. The van der Waals surface area contributed by atoms with Crippen LogP contribution in [0.5, 0.6) is 0 Å². The Kier molecular flexibility index (Phi) is 7.54. The van der Waals surface area contributed by atoms with Gasteiger partial charge in [0.15, 0.2) is 0 Å². The highest BCUT2D eigenvalue weighted by Gasteiger charge is 2.31. The highest BCUT2D eigenvalue weighted by atomic mass is 19.4. The molecule has 0 aromatic carbocycles. The third-order valence-corrected chi connectivity index (χ3v) is 6.25. The standard InChI is InChI=1S/C25H24F3N7O2/c26-25(27,28)17-2-3-18(31-11-17)7-19-8-22(20(12-32-19)24(30)37)34-21-5-6-35(13-16(21)14-36)23-4-1-15(9-29)10-33-23/h1-4,8,10-12,16,21,36H,5-7,13-14H2,(H2,30,37)(H,32,34)/t16-,21-/m1/s1. The molecule has 0 unspecified atom stereocenters. The SMILES string of the molecule is N#Cc1ccc(N2CC[C@@H](Nc3cc(Cc4ccc(C(F)(F)F)cn4)ncc3C(N)=O)[C@@H](CO)C2)nc1. The summed E-state index contributed by atoms with van der Waals surface area (Å²) in [5.41, 5.74) is 6.62. The van der Waals surface area contributed by atoms with Crippen molar-refractivity contribution < 1.29 is 23.1 Å². The van der Waals surface area contributed by atoms with Crippen molar-refractivity contribution in [3.8, 4) is 6.07 Å². The van der Waals surface area contributed by atoms with Crippen LogP contribution >= 0.6 is 0 Å². The number of nitrogens with zero attached hydrogens (tertiary/aromatic N) is 5. The van der Waals surface area contributed by atoms with E-state index in [0.29, 0.717) is 48.0 Å². The Morgan fingerprint density at radius 2 is 1.95 bits per heavy atom. The largest absolute Gasteiger partial charge is 0.417 e. The minimum Gasteiger partial charge on any atom is -0.396 e. The Morgan fingerprint density at radius 1 is 1.16 bits per heavy atom. The second-order valence-corrected chi connectivity index (χ2v) is 8.74. The number of nitrogens with two attached hydrogens (primary N) is 1. The molecule has 1 aliphatic rings. The number of aliphatic hydroxyl groups is 1. The molecule has 3 aromatic heterocycles. The first-order valence-corrected chi connectivity index (χ1v) is 11.5. The molecule has 2 atom stereocenters. The van der Waals surface area contributed by atoms with Crippen LogP contribution in [0.25, 0.3) is 0 Å². The molecular formula is C25H24F3N7O2. The van der Waals surface area contributed by atoms with E-state index < -0.39 is 17.6 Å². The summed E-state index contributed by atoms with van der Waals surface area (Å²) in [7, 11) is 0. The zero-order valence-electron chi connectivity index (χ0n) is 19.6. The number of carbonyl (C=O) groups excluding carboxylic acids is 1. The summed E-state index contributed by atoms with van der Waals surface area (Å²) in [5, 5.41) is 22.4. The van der Waals surface area contributed by atoms with Crippen LogP contribution in [0, 0.1) is 17.2 Å². The minimum absolute atomic E-state index is 0.121. The summed E-state index contributed by atoms with van der Waals surface area (Å²) in [4.78, 5) is 26.5. The van der Waals surface area contributed by atoms with Crippen molar-refractivity contribution in [1.29, 1.82) is 5.26 Å². The van der Waals surface area contributed by atoms with Crippen LogP contribution in [0.4, 0.5) is 24.7 Å². The van der Waals surface area contributed by atoms with Crippen LogP contribution in [-0.4, -0.2) is 51.7 Å². The molecule has 3 aromatic rings. The van der Waals surface area contributed by atoms with Crippen molar-refractivity contribution in [3.63, 3.8) is 0 Å². The van der Waals surface area contributed by atoms with Crippen LogP contribution < -0.4 is 16.0 Å². The van der Waals surface area contributed by atoms with Gasteiger partial charge in [-0.3, -0.25) is 14.8 Å². The van der Waals surface area contributed by atoms with Gasteiger partial charge in [0.25, 0.3) is 5.91 Å². The number of alkyl halides is 3. The van der Waals surface area contributed by atoms with Gasteiger partial charge in [0, 0.05) is 68.1 Å². The summed E-state index contributed by atoms with van der Waals surface area (Å²) in [6, 6.07) is 9.15. The van der Waals surface area contributed by atoms with Crippen molar-refractivity contribution >= 4 is 17.4 Å². The molecule has 1 fully saturated rings. The van der Waals surface area contributed by atoms with Crippen LogP contribution in [0.2, 0.25) is 0 Å². The number of pyridine rings is 3. The Labute approximate surface area is 210 Å². The predicted molar refractivity (Wildman–Crippen MR) is 129 cm³/mol. The van der Waals surface area contributed by atoms with Gasteiger partial charge in [0.05, 0.1) is 22.4 Å². The molecule has 192 valence electrons. The molecule has 0 spiro atoms. The van der Waals surface area contributed by atoms with E-state index in [0.717, 1.165) is 12.3 Å². The van der Waals surface area contributed by atoms with Crippen molar-refractivity contribution in [2.24, 2.45) is 11.7 Å². The van der Waals surface area contributed by atoms with E-state index in [1.165, 1.54) is 18.5 Å². The number of aliphatic hydroxyl groups excluding tert-OH is 1. The van der Waals surface area contributed by atoms with E-state index in [2.05, 4.69) is 20.3 Å². The molecule has 37 heavy (non-hydrogen) atoms. The van der Waals surface area contributed by atoms with Crippen LogP contribution in [-0.2, 0) is 12.6 Å². The zero-order valence-corrected chi connectivity index (χ0v) is 19.6. The lowest BCUT2D eigenvalue weighted by molar-refractivity contribution is -0.137. The number of halogens is 3. The minimum atomic E-state index is -4.47. The van der Waals surface area contributed by atoms with E-state index in [1.807, 2.05) is 11.0 Å². The van der Waals surface area contributed by atoms with Gasteiger partial charge in [-0.25, -0.2) is 4.98 Å². The maximum Gasteiger partial charge on any atom is 0.417 e. The maximum atomic E-state index is 12.8. The van der Waals surface area contributed by atoms with E-state index >= 15 is 0 Å². The fourth-order valence-corrected chi connectivity index (χ4v) is 4.25. The van der Waals surface area contributed by atoms with Crippen molar-refractivity contribution in [3.05, 3.63) is 77.0 Å². The summed E-state index contributed by atoms with van der Waals surface area (Å²) >= 11 is 0. The van der Waals surface area contributed by atoms with Gasteiger partial charge < -0.3 is 21.1 Å². The number of anilines is 2. The molecule has 0 radical (unpaired) electrons. The zero-order chi connectivity index (χ0) is 26.6. The fourth-order valence-electron chi connectivity index (χ4n) is 4.25. The highest BCUT2D eigenvalue weighted by Crippen LogP contribution is 2.29. The number of piperidine rings is 1. The summed E-state index contributed by atoms with van der Waals surface area (Å²) in [6.45, 7) is 0.989. The summed E-state index contributed by atoms with van der Waals surface area (Å²) < 4.78 is 38.4. The fraction of sp³-hybridized carbons (Fsp3) is 0.320. The molecule has 4 rings (SSSR count). The van der Waals surface area contributed by atoms with Crippen molar-refractivity contribution in [2.45, 2.75) is 25.1 Å². The second-order valence-electron chi connectivity index (χ2n) is 8.74. The quantitative estimate of drug-likeness (QED) is 0.440.